The van der Waals surface area contributed by atoms with E-state index in [1.165, 1.54) is 11.4 Å². The van der Waals surface area contributed by atoms with Gasteiger partial charge >= 0.3 is 0 Å². The largest absolute Gasteiger partial charge is 0.308 e. The van der Waals surface area contributed by atoms with Crippen LogP contribution in [-0.4, -0.2) is 9.55 Å². The zero-order valence-electron chi connectivity index (χ0n) is 8.80. The Morgan fingerprint density at radius 3 is 2.31 bits per heavy atom. The number of imidazole rings is 1. The molecule has 0 saturated carbocycles. The first-order valence-corrected chi connectivity index (χ1v) is 4.99. The van der Waals surface area contributed by atoms with E-state index in [4.69, 9.17) is 0 Å². The fourth-order valence-corrected chi connectivity index (χ4v) is 1.69. The van der Waals surface area contributed by atoms with E-state index < -0.39 is 0 Å². The van der Waals surface area contributed by atoms with Gasteiger partial charge in [-0.15, -0.1) is 0 Å². The summed E-state index contributed by atoms with van der Waals surface area (Å²) in [5.41, 5.74) is 2.54. The Kier molecular flexibility index (Phi) is 3.29. The Morgan fingerprint density at radius 1 is 1.23 bits per heavy atom. The van der Waals surface area contributed by atoms with Gasteiger partial charge in [-0.3, -0.25) is 0 Å². The Hall–Kier alpha value is -1.05. The van der Waals surface area contributed by atoms with Crippen LogP contribution in [0.25, 0.3) is 6.20 Å². The van der Waals surface area contributed by atoms with E-state index in [2.05, 4.69) is 36.9 Å². The smallest absolute Gasteiger partial charge is 0.112 e. The molecule has 0 aromatic carbocycles. The fourth-order valence-electron chi connectivity index (χ4n) is 1.69. The Balaban J connectivity index is 3.25. The third-order valence-electron chi connectivity index (χ3n) is 2.33. The Morgan fingerprint density at radius 2 is 1.92 bits per heavy atom. The van der Waals surface area contributed by atoms with Gasteiger partial charge in [0.25, 0.3) is 0 Å². The zero-order chi connectivity index (χ0) is 9.84. The van der Waals surface area contributed by atoms with Crippen molar-refractivity contribution in [1.29, 1.82) is 0 Å². The van der Waals surface area contributed by atoms with Gasteiger partial charge in [-0.05, 0) is 12.8 Å². The summed E-state index contributed by atoms with van der Waals surface area (Å²) in [6.07, 6.45) is 4.88. The molecule has 0 unspecified atom stereocenters. The molecular formula is C11H18N2. The Labute approximate surface area is 80.3 Å². The lowest BCUT2D eigenvalue weighted by Gasteiger charge is -2.03. The van der Waals surface area contributed by atoms with Crippen LogP contribution in [0.1, 0.15) is 38.0 Å². The van der Waals surface area contributed by atoms with Crippen molar-refractivity contribution in [2.24, 2.45) is 0 Å². The molecule has 0 aliphatic rings. The van der Waals surface area contributed by atoms with E-state index in [0.717, 1.165) is 25.1 Å². The van der Waals surface area contributed by atoms with Crippen molar-refractivity contribution in [1.82, 2.24) is 9.55 Å². The molecule has 2 nitrogen and oxygen atoms in total. The second-order valence-electron chi connectivity index (χ2n) is 3.03. The number of hydrogen-bond acceptors (Lipinski definition) is 1. The van der Waals surface area contributed by atoms with Gasteiger partial charge in [0.1, 0.15) is 5.82 Å². The summed E-state index contributed by atoms with van der Waals surface area (Å²) in [5, 5.41) is 0. The summed E-state index contributed by atoms with van der Waals surface area (Å²) in [4.78, 5) is 4.58. The Bertz CT molecular complexity index is 297. The summed E-state index contributed by atoms with van der Waals surface area (Å²) in [7, 11) is 0. The number of hydrogen-bond donors (Lipinski definition) is 0. The van der Waals surface area contributed by atoms with Crippen LogP contribution in [0.5, 0.6) is 0 Å². The highest BCUT2D eigenvalue weighted by atomic mass is 15.1. The molecule has 13 heavy (non-hydrogen) atoms. The minimum absolute atomic E-state index is 0.971. The lowest BCUT2D eigenvalue weighted by molar-refractivity contribution is 0.881. The van der Waals surface area contributed by atoms with Crippen LogP contribution in [0.4, 0.5) is 0 Å². The molecular weight excluding hydrogens is 160 g/mol. The highest BCUT2D eigenvalue weighted by Crippen LogP contribution is 2.14. The first kappa shape index (κ1) is 10.0. The highest BCUT2D eigenvalue weighted by Gasteiger charge is 2.10. The molecule has 0 N–H and O–H groups in total. The first-order chi connectivity index (χ1) is 6.28. The predicted octanol–water partition coefficient (Wildman–Crippen LogP) is 2.67. The highest BCUT2D eigenvalue weighted by molar-refractivity contribution is 5.30. The molecule has 72 valence electrons. The topological polar surface area (TPSA) is 17.8 Å². The van der Waals surface area contributed by atoms with E-state index in [1.807, 2.05) is 6.20 Å². The van der Waals surface area contributed by atoms with Crippen LogP contribution >= 0.6 is 0 Å². The maximum absolute atomic E-state index is 4.58. The van der Waals surface area contributed by atoms with Crippen LogP contribution in [0.2, 0.25) is 0 Å². The lowest BCUT2D eigenvalue weighted by atomic mass is 10.2. The van der Waals surface area contributed by atoms with Crippen molar-refractivity contribution < 1.29 is 0 Å². The molecule has 0 aliphatic heterocycles. The predicted molar refractivity (Wildman–Crippen MR) is 56.7 cm³/mol. The molecule has 0 amide bonds. The molecule has 0 spiro atoms. The van der Waals surface area contributed by atoms with Gasteiger partial charge in [0, 0.05) is 18.3 Å². The quantitative estimate of drug-likeness (QED) is 0.693. The summed E-state index contributed by atoms with van der Waals surface area (Å²) < 4.78 is 2.12. The van der Waals surface area contributed by atoms with Gasteiger partial charge in [-0.1, -0.05) is 27.4 Å². The average Bonchev–Trinajstić information content (AvgIpc) is 2.54. The van der Waals surface area contributed by atoms with Crippen molar-refractivity contribution in [2.45, 2.75) is 40.0 Å². The van der Waals surface area contributed by atoms with Gasteiger partial charge in [0.15, 0.2) is 0 Å². The van der Waals surface area contributed by atoms with Crippen LogP contribution in [0, 0.1) is 0 Å². The van der Waals surface area contributed by atoms with Crippen molar-refractivity contribution in [2.75, 3.05) is 0 Å². The summed E-state index contributed by atoms with van der Waals surface area (Å²) in [6, 6.07) is 0. The number of aryl methyl sites for hydroxylation is 2. The van der Waals surface area contributed by atoms with Crippen LogP contribution in [0.3, 0.4) is 0 Å². The minimum atomic E-state index is 0.971. The van der Waals surface area contributed by atoms with Crippen molar-refractivity contribution >= 4 is 6.20 Å². The van der Waals surface area contributed by atoms with E-state index in [9.17, 15) is 0 Å². The van der Waals surface area contributed by atoms with Gasteiger partial charge in [0.05, 0.1) is 5.69 Å². The van der Waals surface area contributed by atoms with Gasteiger partial charge in [-0.2, -0.15) is 0 Å². The fraction of sp³-hybridized carbons (Fsp3) is 0.545. The van der Waals surface area contributed by atoms with E-state index in [0.29, 0.717) is 0 Å². The summed E-state index contributed by atoms with van der Waals surface area (Å²) >= 11 is 0. The molecule has 0 aliphatic carbocycles. The third kappa shape index (κ3) is 1.67. The molecule has 0 radical (unpaired) electrons. The molecule has 0 fully saturated rings. The van der Waals surface area contributed by atoms with Crippen molar-refractivity contribution in [3.63, 3.8) is 0 Å². The molecule has 1 aromatic heterocycles. The van der Waals surface area contributed by atoms with Crippen molar-refractivity contribution in [3.05, 3.63) is 23.8 Å². The molecule has 1 aromatic rings. The van der Waals surface area contributed by atoms with Gasteiger partial charge < -0.3 is 4.57 Å². The average molecular weight is 178 g/mol. The standard InChI is InChI=1S/C11H18N2/c1-5-9-10(6-2)13(8-4)11(7-3)12-9/h8H,4-7H2,1-3H3. The monoisotopic (exact) mass is 178 g/mol. The molecule has 0 bridgehead atoms. The van der Waals surface area contributed by atoms with Crippen LogP contribution < -0.4 is 0 Å². The maximum atomic E-state index is 4.58. The van der Waals surface area contributed by atoms with Crippen LogP contribution in [-0.2, 0) is 19.3 Å². The number of aromatic nitrogens is 2. The van der Waals surface area contributed by atoms with Crippen LogP contribution in [0.15, 0.2) is 6.58 Å². The van der Waals surface area contributed by atoms with Gasteiger partial charge in [-0.25, -0.2) is 4.98 Å². The van der Waals surface area contributed by atoms with E-state index >= 15 is 0 Å². The number of rotatable bonds is 4. The SMILES string of the molecule is C=Cn1c(CC)nc(CC)c1CC. The van der Waals surface area contributed by atoms with E-state index in [-0.39, 0.29) is 0 Å². The first-order valence-electron chi connectivity index (χ1n) is 4.99. The normalized spacial score (nSPS) is 10.4. The second kappa shape index (κ2) is 4.26. The van der Waals surface area contributed by atoms with Crippen molar-refractivity contribution in [3.8, 4) is 0 Å². The second-order valence-corrected chi connectivity index (χ2v) is 3.03. The molecule has 1 rings (SSSR count). The lowest BCUT2D eigenvalue weighted by Crippen LogP contribution is -1.98. The summed E-state index contributed by atoms with van der Waals surface area (Å²) in [5.74, 6) is 1.13. The molecule has 2 heteroatoms. The molecule has 0 saturated heterocycles. The maximum Gasteiger partial charge on any atom is 0.112 e. The zero-order valence-corrected chi connectivity index (χ0v) is 8.80. The molecule has 1 heterocycles. The summed E-state index contributed by atoms with van der Waals surface area (Å²) in [6.45, 7) is 10.3. The molecule has 0 atom stereocenters. The van der Waals surface area contributed by atoms with Gasteiger partial charge in [0.2, 0.25) is 0 Å². The number of nitrogens with zero attached hydrogens (tertiary/aromatic N) is 2. The minimum Gasteiger partial charge on any atom is -0.308 e. The third-order valence-corrected chi connectivity index (χ3v) is 2.33. The van der Waals surface area contributed by atoms with E-state index in [1.54, 1.807) is 0 Å².